The van der Waals surface area contributed by atoms with Gasteiger partial charge in [-0.15, -0.1) is 0 Å². The molecule has 2 aliphatic heterocycles. The number of fused-ring (bicyclic) bond motifs is 1. The van der Waals surface area contributed by atoms with Crippen LogP contribution in [0.15, 0.2) is 67.5 Å². The molecule has 0 unspecified atom stereocenters. The summed E-state index contributed by atoms with van der Waals surface area (Å²) in [6.45, 7) is 9.85. The predicted molar refractivity (Wildman–Crippen MR) is 138 cm³/mol. The highest BCUT2D eigenvalue weighted by molar-refractivity contribution is 9.10. The molecule has 1 atom stereocenters. The first kappa shape index (κ1) is 22.8. The van der Waals surface area contributed by atoms with Crippen molar-refractivity contribution in [2.75, 3.05) is 29.8 Å². The van der Waals surface area contributed by atoms with E-state index < -0.39 is 7.44 Å². The fourth-order valence-corrected chi connectivity index (χ4v) is 8.38. The molecule has 31 heavy (non-hydrogen) atoms. The summed E-state index contributed by atoms with van der Waals surface area (Å²) >= 11 is 7.11. The zero-order chi connectivity index (χ0) is 22.6. The van der Waals surface area contributed by atoms with Crippen LogP contribution >= 0.6 is 39.3 Å². The third-order valence-electron chi connectivity index (χ3n) is 6.19. The lowest BCUT2D eigenvalue weighted by Gasteiger charge is -2.36. The van der Waals surface area contributed by atoms with Crippen molar-refractivity contribution in [1.29, 1.82) is 0 Å². The van der Waals surface area contributed by atoms with Crippen LogP contribution in [0.4, 0.5) is 11.4 Å². The summed E-state index contributed by atoms with van der Waals surface area (Å²) < 4.78 is 20.8. The maximum absolute atomic E-state index is 15.0. The molecule has 0 amide bonds. The average Bonchev–Trinajstić information content (AvgIpc) is 3.15. The molecule has 5 nitrogen and oxygen atoms in total. The third-order valence-corrected chi connectivity index (χ3v) is 10.4. The molecule has 164 valence electrons. The number of hydrogen-bond acceptors (Lipinski definition) is 3. The standard InChI is InChI=1S/C23H27Br2N4OP/c1-6-28(7-2)31(30)21(15-26-29(31)18-11-8-16(24)9-12-18)22-23(3,4)19-14-17(25)10-13-20(19)27(22)5/h8-15H,6-7H2,1-5H3/b22-21+/t31-/m1/s1. The minimum absolute atomic E-state index is 0.312. The number of hydrazone groups is 1. The highest BCUT2D eigenvalue weighted by atomic mass is 79.9. The van der Waals surface area contributed by atoms with Crippen LogP contribution in [0.3, 0.4) is 0 Å². The molecule has 2 aliphatic rings. The van der Waals surface area contributed by atoms with E-state index in [0.717, 1.165) is 31.3 Å². The number of benzene rings is 2. The van der Waals surface area contributed by atoms with Gasteiger partial charge in [0.15, 0.2) is 0 Å². The van der Waals surface area contributed by atoms with E-state index in [1.165, 1.54) is 5.56 Å². The Labute approximate surface area is 201 Å². The van der Waals surface area contributed by atoms with Crippen LogP contribution in [-0.4, -0.2) is 31.0 Å². The Kier molecular flexibility index (Phi) is 6.01. The second-order valence-corrected chi connectivity index (χ2v) is 12.6. The molecule has 0 saturated carbocycles. The van der Waals surface area contributed by atoms with Crippen molar-refractivity contribution in [2.24, 2.45) is 5.10 Å². The first-order valence-corrected chi connectivity index (χ1v) is 13.6. The fourth-order valence-electron chi connectivity index (χ4n) is 4.69. The van der Waals surface area contributed by atoms with Crippen LogP contribution < -0.4 is 9.68 Å². The minimum atomic E-state index is -3.19. The molecule has 8 heteroatoms. The molecule has 2 heterocycles. The highest BCUT2D eigenvalue weighted by Crippen LogP contribution is 2.67. The first-order valence-electron chi connectivity index (χ1n) is 10.4. The molecule has 0 aromatic heterocycles. The van der Waals surface area contributed by atoms with Crippen LogP contribution in [0.1, 0.15) is 33.3 Å². The van der Waals surface area contributed by atoms with E-state index in [-0.39, 0.29) is 5.41 Å². The van der Waals surface area contributed by atoms with Crippen molar-refractivity contribution in [2.45, 2.75) is 33.1 Å². The Morgan fingerprint density at radius 1 is 1.03 bits per heavy atom. The summed E-state index contributed by atoms with van der Waals surface area (Å²) in [6, 6.07) is 14.2. The molecule has 0 saturated heterocycles. The van der Waals surface area contributed by atoms with Crippen LogP contribution in [-0.2, 0) is 9.98 Å². The number of anilines is 2. The Balaban J connectivity index is 1.95. The molecule has 0 radical (unpaired) electrons. The van der Waals surface area contributed by atoms with Gasteiger partial charge in [-0.25, -0.2) is 4.67 Å². The number of rotatable bonds is 4. The zero-order valence-corrected chi connectivity index (χ0v) is 22.5. The number of likely N-dealkylation sites (N-methyl/N-ethyl adjacent to an activating group) is 1. The van der Waals surface area contributed by atoms with Gasteiger partial charge in [-0.05, 0) is 48.0 Å². The van der Waals surface area contributed by atoms with Crippen LogP contribution in [0.5, 0.6) is 0 Å². The summed E-state index contributed by atoms with van der Waals surface area (Å²) in [5.74, 6) is 0. The summed E-state index contributed by atoms with van der Waals surface area (Å²) in [5, 5.41) is 5.51. The number of allylic oxidation sites excluding steroid dienone is 2. The van der Waals surface area contributed by atoms with E-state index in [2.05, 4.69) is 89.7 Å². The normalized spacial score (nSPS) is 24.4. The monoisotopic (exact) mass is 564 g/mol. The van der Waals surface area contributed by atoms with Gasteiger partial charge in [-0.2, -0.15) is 9.88 Å². The van der Waals surface area contributed by atoms with Gasteiger partial charge in [0.2, 0.25) is 0 Å². The maximum Gasteiger partial charge on any atom is 0.292 e. The van der Waals surface area contributed by atoms with Crippen molar-refractivity contribution < 1.29 is 4.57 Å². The van der Waals surface area contributed by atoms with Gasteiger partial charge in [-0.3, -0.25) is 4.57 Å². The third kappa shape index (κ3) is 3.45. The summed E-state index contributed by atoms with van der Waals surface area (Å²) in [5.41, 5.74) is 3.90. The number of nitrogens with zero attached hydrogens (tertiary/aromatic N) is 4. The minimum Gasteiger partial charge on any atom is -0.346 e. The fraction of sp³-hybridized carbons (Fsp3) is 0.348. The zero-order valence-electron chi connectivity index (χ0n) is 18.4. The van der Waals surface area contributed by atoms with Gasteiger partial charge in [0, 0.05) is 45.9 Å². The molecule has 4 rings (SSSR count). The number of halogens is 2. The highest BCUT2D eigenvalue weighted by Gasteiger charge is 2.50. The lowest BCUT2D eigenvalue weighted by Crippen LogP contribution is -2.31. The first-order chi connectivity index (χ1) is 14.7. The summed E-state index contributed by atoms with van der Waals surface area (Å²) in [4.78, 5) is 2.18. The Morgan fingerprint density at radius 3 is 2.26 bits per heavy atom. The van der Waals surface area contributed by atoms with E-state index in [4.69, 9.17) is 5.10 Å². The van der Waals surface area contributed by atoms with Crippen molar-refractivity contribution >= 4 is 56.9 Å². The van der Waals surface area contributed by atoms with Crippen molar-refractivity contribution in [1.82, 2.24) is 4.67 Å². The predicted octanol–water partition coefficient (Wildman–Crippen LogP) is 7.19. The Bertz CT molecular complexity index is 1120. The van der Waals surface area contributed by atoms with E-state index >= 15 is 0 Å². The van der Waals surface area contributed by atoms with Gasteiger partial charge in [-0.1, -0.05) is 59.6 Å². The number of hydrogen-bond donors (Lipinski definition) is 0. The van der Waals surface area contributed by atoms with E-state index in [9.17, 15) is 4.57 Å². The molecular weight excluding hydrogens is 539 g/mol. The van der Waals surface area contributed by atoms with Gasteiger partial charge >= 0.3 is 0 Å². The molecule has 2 aromatic carbocycles. The molecule has 0 N–H and O–H groups in total. The van der Waals surface area contributed by atoms with Gasteiger partial charge in [0.05, 0.1) is 17.2 Å². The maximum atomic E-state index is 15.0. The van der Waals surface area contributed by atoms with E-state index in [1.54, 1.807) is 4.78 Å². The topological polar surface area (TPSA) is 39.2 Å². The molecule has 0 fully saturated rings. The van der Waals surface area contributed by atoms with Crippen molar-refractivity contribution in [3.05, 3.63) is 68.0 Å². The van der Waals surface area contributed by atoms with Gasteiger partial charge < -0.3 is 4.90 Å². The smallest absolute Gasteiger partial charge is 0.292 e. The SMILES string of the molecule is CCN(CC)[P@]1(=O)/C(=C2/N(C)c3ccc(Br)cc3C2(C)C)C=NN1c1ccc(Br)cc1. The lowest BCUT2D eigenvalue weighted by molar-refractivity contribution is 0.446. The van der Waals surface area contributed by atoms with Crippen molar-refractivity contribution in [3.8, 4) is 0 Å². The lowest BCUT2D eigenvalue weighted by atomic mass is 9.84. The average molecular weight is 566 g/mol. The summed E-state index contributed by atoms with van der Waals surface area (Å²) in [6.07, 6.45) is 1.82. The van der Waals surface area contributed by atoms with E-state index in [1.807, 2.05) is 35.2 Å². The quantitative estimate of drug-likeness (QED) is 0.368. The summed E-state index contributed by atoms with van der Waals surface area (Å²) in [7, 11) is -1.13. The molecule has 0 bridgehead atoms. The molecule has 0 aliphatic carbocycles. The van der Waals surface area contributed by atoms with Crippen molar-refractivity contribution in [3.63, 3.8) is 0 Å². The van der Waals surface area contributed by atoms with Gasteiger partial charge in [0.25, 0.3) is 7.44 Å². The second kappa shape index (κ2) is 8.18. The second-order valence-electron chi connectivity index (χ2n) is 8.27. The Morgan fingerprint density at radius 2 is 1.65 bits per heavy atom. The Hall–Kier alpha value is -1.40. The van der Waals surface area contributed by atoms with Crippen LogP contribution in [0.2, 0.25) is 0 Å². The largest absolute Gasteiger partial charge is 0.346 e. The molecular formula is C23H27Br2N4OP. The van der Waals surface area contributed by atoms with E-state index in [0.29, 0.717) is 13.1 Å². The molecule has 0 spiro atoms. The molecule has 2 aromatic rings. The van der Waals surface area contributed by atoms with Crippen LogP contribution in [0, 0.1) is 0 Å². The van der Waals surface area contributed by atoms with Crippen LogP contribution in [0.25, 0.3) is 0 Å². The van der Waals surface area contributed by atoms with Gasteiger partial charge in [0.1, 0.15) is 0 Å².